The molecule has 0 aromatic rings. The predicted molar refractivity (Wildman–Crippen MR) is 67.3 cm³/mol. The van der Waals surface area contributed by atoms with Gasteiger partial charge in [0.25, 0.3) is 0 Å². The van der Waals surface area contributed by atoms with E-state index in [1.807, 2.05) is 6.92 Å². The molecular weight excluding hydrogens is 234 g/mol. The third kappa shape index (κ3) is 5.49. The van der Waals surface area contributed by atoms with Gasteiger partial charge in [-0.05, 0) is 32.1 Å². The Morgan fingerprint density at radius 3 is 2.44 bits per heavy atom. The summed E-state index contributed by atoms with van der Waals surface area (Å²) in [4.78, 5) is 22.4. The van der Waals surface area contributed by atoms with E-state index >= 15 is 0 Å². The van der Waals surface area contributed by atoms with Gasteiger partial charge in [-0.1, -0.05) is 6.92 Å². The molecule has 1 aliphatic carbocycles. The van der Waals surface area contributed by atoms with Gasteiger partial charge in [-0.2, -0.15) is 0 Å². The van der Waals surface area contributed by atoms with Crippen LogP contribution in [0.5, 0.6) is 0 Å². The number of aliphatic carboxylic acids is 1. The highest BCUT2D eigenvalue weighted by atomic mass is 16.5. The maximum atomic E-state index is 11.6. The minimum absolute atomic E-state index is 0.00452. The van der Waals surface area contributed by atoms with Crippen molar-refractivity contribution >= 4 is 11.9 Å². The summed E-state index contributed by atoms with van der Waals surface area (Å²) in [6.45, 7) is 3.18. The summed E-state index contributed by atoms with van der Waals surface area (Å²) in [5.41, 5.74) is 0. The molecule has 0 radical (unpaired) electrons. The third-order valence-corrected chi connectivity index (χ3v) is 3.26. The van der Waals surface area contributed by atoms with Crippen molar-refractivity contribution in [3.05, 3.63) is 0 Å². The van der Waals surface area contributed by atoms with Gasteiger partial charge in [-0.25, -0.2) is 0 Å². The zero-order valence-corrected chi connectivity index (χ0v) is 11.0. The molecule has 5 heteroatoms. The van der Waals surface area contributed by atoms with Gasteiger partial charge in [0.1, 0.15) is 0 Å². The molecule has 0 bridgehead atoms. The zero-order chi connectivity index (χ0) is 13.4. The number of carboxylic acid groups (broad SMARTS) is 1. The smallest absolute Gasteiger partial charge is 0.306 e. The maximum absolute atomic E-state index is 11.6. The van der Waals surface area contributed by atoms with E-state index in [1.54, 1.807) is 0 Å². The highest BCUT2D eigenvalue weighted by Crippen LogP contribution is 2.24. The summed E-state index contributed by atoms with van der Waals surface area (Å²) in [5.74, 6) is -0.941. The number of ether oxygens (including phenoxy) is 1. The lowest BCUT2D eigenvalue weighted by Crippen LogP contribution is -2.39. The second kappa shape index (κ2) is 8.08. The SMILES string of the molecule is CCCOCCC(=O)NC1CCC(C(=O)O)CC1. The van der Waals surface area contributed by atoms with E-state index in [4.69, 9.17) is 9.84 Å². The van der Waals surface area contributed by atoms with E-state index in [0.29, 0.717) is 32.5 Å². The predicted octanol–water partition coefficient (Wildman–Crippen LogP) is 1.56. The van der Waals surface area contributed by atoms with Crippen molar-refractivity contribution in [3.8, 4) is 0 Å². The van der Waals surface area contributed by atoms with Crippen molar-refractivity contribution in [2.45, 2.75) is 51.5 Å². The fraction of sp³-hybridized carbons (Fsp3) is 0.846. The van der Waals surface area contributed by atoms with Gasteiger partial charge in [-0.15, -0.1) is 0 Å². The normalized spacial score (nSPS) is 23.6. The van der Waals surface area contributed by atoms with Crippen LogP contribution in [0.4, 0.5) is 0 Å². The molecule has 5 nitrogen and oxygen atoms in total. The van der Waals surface area contributed by atoms with Crippen LogP contribution in [0.3, 0.4) is 0 Å². The number of carbonyl (C=O) groups is 2. The Morgan fingerprint density at radius 2 is 1.89 bits per heavy atom. The number of hydrogen-bond acceptors (Lipinski definition) is 3. The van der Waals surface area contributed by atoms with E-state index in [9.17, 15) is 9.59 Å². The molecule has 1 saturated carbocycles. The fourth-order valence-electron chi connectivity index (χ4n) is 2.20. The minimum Gasteiger partial charge on any atom is -0.481 e. The largest absolute Gasteiger partial charge is 0.481 e. The Bertz CT molecular complexity index is 272. The maximum Gasteiger partial charge on any atom is 0.306 e. The molecule has 18 heavy (non-hydrogen) atoms. The molecule has 1 amide bonds. The molecule has 0 atom stereocenters. The summed E-state index contributed by atoms with van der Waals surface area (Å²) in [7, 11) is 0. The molecule has 0 aromatic carbocycles. The quantitative estimate of drug-likeness (QED) is 0.679. The van der Waals surface area contributed by atoms with E-state index in [1.165, 1.54) is 0 Å². The van der Waals surface area contributed by atoms with Crippen LogP contribution in [-0.2, 0) is 14.3 Å². The van der Waals surface area contributed by atoms with Crippen LogP contribution in [0.2, 0.25) is 0 Å². The number of carbonyl (C=O) groups excluding carboxylic acids is 1. The second-order valence-electron chi connectivity index (χ2n) is 4.82. The summed E-state index contributed by atoms with van der Waals surface area (Å²) in [6.07, 6.45) is 4.19. The molecule has 1 aliphatic rings. The Labute approximate surface area is 108 Å². The molecule has 104 valence electrons. The average Bonchev–Trinajstić information content (AvgIpc) is 2.35. The van der Waals surface area contributed by atoms with Crippen molar-refractivity contribution in [1.82, 2.24) is 5.32 Å². The van der Waals surface area contributed by atoms with Gasteiger partial charge in [0, 0.05) is 19.1 Å². The van der Waals surface area contributed by atoms with Crippen LogP contribution >= 0.6 is 0 Å². The van der Waals surface area contributed by atoms with Gasteiger partial charge in [0.05, 0.1) is 12.5 Å². The van der Waals surface area contributed by atoms with Crippen LogP contribution in [-0.4, -0.2) is 36.2 Å². The highest BCUT2D eigenvalue weighted by molar-refractivity contribution is 5.76. The van der Waals surface area contributed by atoms with Crippen molar-refractivity contribution in [2.24, 2.45) is 5.92 Å². The van der Waals surface area contributed by atoms with E-state index in [-0.39, 0.29) is 17.9 Å². The van der Waals surface area contributed by atoms with Crippen LogP contribution in [0.25, 0.3) is 0 Å². The summed E-state index contributed by atoms with van der Waals surface area (Å²) in [6, 6.07) is 0.138. The molecule has 0 aromatic heterocycles. The molecule has 0 aliphatic heterocycles. The summed E-state index contributed by atoms with van der Waals surface area (Å²) >= 11 is 0. The lowest BCUT2D eigenvalue weighted by atomic mass is 9.86. The van der Waals surface area contributed by atoms with Gasteiger partial charge in [0.2, 0.25) is 5.91 Å². The van der Waals surface area contributed by atoms with E-state index < -0.39 is 5.97 Å². The molecule has 0 spiro atoms. The lowest BCUT2D eigenvalue weighted by Gasteiger charge is -2.26. The molecular formula is C13H23NO4. The Morgan fingerprint density at radius 1 is 1.22 bits per heavy atom. The summed E-state index contributed by atoms with van der Waals surface area (Å²) < 4.78 is 5.25. The van der Waals surface area contributed by atoms with Gasteiger partial charge < -0.3 is 15.2 Å². The standard InChI is InChI=1S/C13H23NO4/c1-2-8-18-9-7-12(15)14-11-5-3-10(4-6-11)13(16)17/h10-11H,2-9H2,1H3,(H,14,15)(H,16,17). The Hall–Kier alpha value is -1.10. The topological polar surface area (TPSA) is 75.6 Å². The van der Waals surface area contributed by atoms with Crippen LogP contribution < -0.4 is 5.32 Å². The summed E-state index contributed by atoms with van der Waals surface area (Å²) in [5, 5.41) is 11.8. The first-order valence-electron chi connectivity index (χ1n) is 6.73. The van der Waals surface area contributed by atoms with Crippen molar-refractivity contribution in [1.29, 1.82) is 0 Å². The second-order valence-corrected chi connectivity index (χ2v) is 4.82. The molecule has 0 saturated heterocycles. The number of rotatable bonds is 7. The number of amides is 1. The lowest BCUT2D eigenvalue weighted by molar-refractivity contribution is -0.142. The van der Waals surface area contributed by atoms with E-state index in [0.717, 1.165) is 19.3 Å². The monoisotopic (exact) mass is 257 g/mol. The fourth-order valence-corrected chi connectivity index (χ4v) is 2.20. The highest BCUT2D eigenvalue weighted by Gasteiger charge is 2.26. The van der Waals surface area contributed by atoms with Gasteiger partial charge in [0.15, 0.2) is 0 Å². The number of carboxylic acids is 1. The van der Waals surface area contributed by atoms with E-state index in [2.05, 4.69) is 5.32 Å². The molecule has 2 N–H and O–H groups in total. The zero-order valence-electron chi connectivity index (χ0n) is 11.0. The molecule has 0 unspecified atom stereocenters. The third-order valence-electron chi connectivity index (χ3n) is 3.26. The molecule has 1 fully saturated rings. The average molecular weight is 257 g/mol. The van der Waals surface area contributed by atoms with Crippen molar-refractivity contribution in [3.63, 3.8) is 0 Å². The number of hydrogen-bond donors (Lipinski definition) is 2. The van der Waals surface area contributed by atoms with Crippen LogP contribution in [0.1, 0.15) is 45.4 Å². The van der Waals surface area contributed by atoms with Crippen molar-refractivity contribution < 1.29 is 19.4 Å². The van der Waals surface area contributed by atoms with Gasteiger partial charge >= 0.3 is 5.97 Å². The van der Waals surface area contributed by atoms with Crippen LogP contribution in [0.15, 0.2) is 0 Å². The molecule has 0 heterocycles. The first kappa shape index (κ1) is 15.0. The Balaban J connectivity index is 2.12. The van der Waals surface area contributed by atoms with Gasteiger partial charge in [-0.3, -0.25) is 9.59 Å². The van der Waals surface area contributed by atoms with Crippen molar-refractivity contribution in [2.75, 3.05) is 13.2 Å². The molecule has 1 rings (SSSR count). The Kier molecular flexibility index (Phi) is 6.72. The first-order chi connectivity index (χ1) is 8.63. The first-order valence-corrected chi connectivity index (χ1v) is 6.73. The minimum atomic E-state index is -0.715. The van der Waals surface area contributed by atoms with Crippen LogP contribution in [0, 0.1) is 5.92 Å². The number of nitrogens with one attached hydrogen (secondary N) is 1.